The van der Waals surface area contributed by atoms with E-state index in [-0.39, 0.29) is 0 Å². The Labute approximate surface area is 128 Å². The van der Waals surface area contributed by atoms with Gasteiger partial charge in [-0.05, 0) is 30.7 Å². The van der Waals surface area contributed by atoms with Crippen LogP contribution in [0.15, 0.2) is 42.7 Å². The van der Waals surface area contributed by atoms with Crippen molar-refractivity contribution >= 4 is 28.2 Å². The summed E-state index contributed by atoms with van der Waals surface area (Å²) in [7, 11) is 0. The number of H-pyrrole nitrogens is 1. The molecule has 2 heterocycles. The highest BCUT2D eigenvalue weighted by Gasteiger charge is 2.04. The van der Waals surface area contributed by atoms with Crippen molar-refractivity contribution in [2.24, 2.45) is 0 Å². The van der Waals surface area contributed by atoms with Gasteiger partial charge in [0.1, 0.15) is 0 Å². The van der Waals surface area contributed by atoms with Crippen LogP contribution in [0.2, 0.25) is 5.02 Å². The molecule has 0 amide bonds. The normalized spacial score (nSPS) is 10.8. The van der Waals surface area contributed by atoms with E-state index in [1.165, 1.54) is 10.9 Å². The Hall–Kier alpha value is -2.20. The fourth-order valence-electron chi connectivity index (χ4n) is 2.22. The molecule has 2 aromatic heterocycles. The Bertz CT molecular complexity index is 737. The zero-order chi connectivity index (χ0) is 14.7. The molecule has 3 aromatic rings. The molecule has 21 heavy (non-hydrogen) atoms. The molecule has 108 valence electrons. The van der Waals surface area contributed by atoms with Gasteiger partial charge in [-0.1, -0.05) is 17.7 Å². The van der Waals surface area contributed by atoms with Crippen LogP contribution in [0.3, 0.4) is 0 Å². The number of anilines is 1. The zero-order valence-electron chi connectivity index (χ0n) is 11.7. The summed E-state index contributed by atoms with van der Waals surface area (Å²) in [5, 5.41) is 5.26. The minimum atomic E-state index is 0.623. The molecule has 0 radical (unpaired) electrons. The van der Waals surface area contributed by atoms with Gasteiger partial charge in [-0.3, -0.25) is 0 Å². The maximum atomic E-state index is 5.99. The maximum absolute atomic E-state index is 5.99. The molecule has 3 rings (SSSR count). The topological polar surface area (TPSA) is 49.9 Å². The Morgan fingerprint density at radius 1 is 1.29 bits per heavy atom. The number of benzene rings is 1. The molecule has 0 spiro atoms. The quantitative estimate of drug-likeness (QED) is 0.741. The van der Waals surface area contributed by atoms with Crippen LogP contribution < -0.4 is 10.1 Å². The highest BCUT2D eigenvalue weighted by Crippen LogP contribution is 2.23. The van der Waals surface area contributed by atoms with E-state index in [1.807, 2.05) is 43.5 Å². The van der Waals surface area contributed by atoms with E-state index >= 15 is 0 Å². The molecule has 0 unspecified atom stereocenters. The van der Waals surface area contributed by atoms with Gasteiger partial charge in [-0.15, -0.1) is 0 Å². The molecule has 0 saturated carbocycles. The molecular formula is C16H16ClN3O. The average molecular weight is 302 g/mol. The molecule has 0 aliphatic carbocycles. The second kappa shape index (κ2) is 6.06. The summed E-state index contributed by atoms with van der Waals surface area (Å²) in [4.78, 5) is 7.46. The van der Waals surface area contributed by atoms with Crippen molar-refractivity contribution in [1.82, 2.24) is 9.97 Å². The fraction of sp³-hybridized carbons (Fsp3) is 0.188. The SMILES string of the molecule is CCOc1ccc(NCc2c[nH]c3cc(Cl)ccc23)cn1. The Balaban J connectivity index is 1.71. The number of nitrogens with one attached hydrogen (secondary N) is 2. The van der Waals surface area contributed by atoms with Crippen LogP contribution in [0.5, 0.6) is 5.88 Å². The van der Waals surface area contributed by atoms with Crippen LogP contribution in [0.25, 0.3) is 10.9 Å². The summed E-state index contributed by atoms with van der Waals surface area (Å²) in [6.07, 6.45) is 3.77. The predicted molar refractivity (Wildman–Crippen MR) is 86.0 cm³/mol. The molecule has 1 aromatic carbocycles. The predicted octanol–water partition coefficient (Wildman–Crippen LogP) is 4.23. The molecule has 0 aliphatic heterocycles. The summed E-state index contributed by atoms with van der Waals surface area (Å²) >= 11 is 5.99. The number of halogens is 1. The monoisotopic (exact) mass is 301 g/mol. The second-order valence-electron chi connectivity index (χ2n) is 4.68. The molecule has 0 bridgehead atoms. The number of nitrogens with zero attached hydrogens (tertiary/aromatic N) is 1. The lowest BCUT2D eigenvalue weighted by Gasteiger charge is -2.06. The first-order chi connectivity index (χ1) is 10.3. The van der Waals surface area contributed by atoms with Crippen molar-refractivity contribution in [3.63, 3.8) is 0 Å². The van der Waals surface area contributed by atoms with Crippen LogP contribution in [0.1, 0.15) is 12.5 Å². The Morgan fingerprint density at radius 3 is 2.95 bits per heavy atom. The standard InChI is InChI=1S/C16H16ClN3O/c1-2-21-16-6-4-13(10-20-16)18-8-11-9-19-15-7-12(17)3-5-14(11)15/h3-7,9-10,18-19H,2,8H2,1H3. The lowest BCUT2D eigenvalue weighted by Crippen LogP contribution is -2.00. The van der Waals surface area contributed by atoms with Crippen LogP contribution in [0, 0.1) is 0 Å². The van der Waals surface area contributed by atoms with E-state index in [0.29, 0.717) is 12.5 Å². The van der Waals surface area contributed by atoms with Crippen molar-refractivity contribution in [2.45, 2.75) is 13.5 Å². The van der Waals surface area contributed by atoms with Gasteiger partial charge in [0.2, 0.25) is 5.88 Å². The van der Waals surface area contributed by atoms with Crippen molar-refractivity contribution < 1.29 is 4.74 Å². The molecule has 5 heteroatoms. The smallest absolute Gasteiger partial charge is 0.213 e. The summed E-state index contributed by atoms with van der Waals surface area (Å²) in [5.74, 6) is 0.643. The van der Waals surface area contributed by atoms with Crippen LogP contribution in [-0.4, -0.2) is 16.6 Å². The number of hydrogen-bond acceptors (Lipinski definition) is 3. The third-order valence-corrected chi connectivity index (χ3v) is 3.48. The van der Waals surface area contributed by atoms with E-state index in [2.05, 4.69) is 15.3 Å². The second-order valence-corrected chi connectivity index (χ2v) is 5.11. The molecule has 0 aliphatic rings. The minimum absolute atomic E-state index is 0.623. The molecule has 0 saturated heterocycles. The number of aromatic nitrogens is 2. The van der Waals surface area contributed by atoms with Crippen LogP contribution >= 0.6 is 11.6 Å². The van der Waals surface area contributed by atoms with E-state index in [4.69, 9.17) is 16.3 Å². The van der Waals surface area contributed by atoms with E-state index < -0.39 is 0 Å². The third kappa shape index (κ3) is 3.11. The van der Waals surface area contributed by atoms with Gasteiger partial charge < -0.3 is 15.0 Å². The zero-order valence-corrected chi connectivity index (χ0v) is 12.4. The van der Waals surface area contributed by atoms with Crippen LogP contribution in [-0.2, 0) is 6.54 Å². The first kappa shape index (κ1) is 13.8. The maximum Gasteiger partial charge on any atom is 0.213 e. The summed E-state index contributed by atoms with van der Waals surface area (Å²) in [6, 6.07) is 9.69. The number of ether oxygens (including phenoxy) is 1. The molecule has 0 atom stereocenters. The van der Waals surface area contributed by atoms with E-state index in [0.717, 1.165) is 22.8 Å². The lowest BCUT2D eigenvalue weighted by molar-refractivity contribution is 0.327. The third-order valence-electron chi connectivity index (χ3n) is 3.24. The number of hydrogen-bond donors (Lipinski definition) is 2. The molecular weight excluding hydrogens is 286 g/mol. The number of pyridine rings is 1. The number of aromatic amines is 1. The van der Waals surface area contributed by atoms with E-state index in [1.54, 1.807) is 6.20 Å². The average Bonchev–Trinajstić information content (AvgIpc) is 2.89. The first-order valence-electron chi connectivity index (χ1n) is 6.84. The van der Waals surface area contributed by atoms with Gasteiger partial charge in [-0.25, -0.2) is 4.98 Å². The Kier molecular flexibility index (Phi) is 3.97. The van der Waals surface area contributed by atoms with Gasteiger partial charge >= 0.3 is 0 Å². The number of fused-ring (bicyclic) bond motifs is 1. The van der Waals surface area contributed by atoms with E-state index in [9.17, 15) is 0 Å². The van der Waals surface area contributed by atoms with Gasteiger partial charge in [0, 0.05) is 34.7 Å². The summed E-state index contributed by atoms with van der Waals surface area (Å²) in [6.45, 7) is 3.28. The highest BCUT2D eigenvalue weighted by atomic mass is 35.5. The largest absolute Gasteiger partial charge is 0.478 e. The van der Waals surface area contributed by atoms with Crippen LogP contribution in [0.4, 0.5) is 5.69 Å². The van der Waals surface area contributed by atoms with Crippen molar-refractivity contribution in [2.75, 3.05) is 11.9 Å². The minimum Gasteiger partial charge on any atom is -0.478 e. The molecule has 0 fully saturated rings. The number of rotatable bonds is 5. The van der Waals surface area contributed by atoms with Gasteiger partial charge in [0.05, 0.1) is 18.5 Å². The summed E-state index contributed by atoms with van der Waals surface area (Å²) in [5.41, 5.74) is 3.20. The van der Waals surface area contributed by atoms with Gasteiger partial charge in [0.15, 0.2) is 0 Å². The Morgan fingerprint density at radius 2 is 2.19 bits per heavy atom. The van der Waals surface area contributed by atoms with Gasteiger partial charge in [0.25, 0.3) is 0 Å². The van der Waals surface area contributed by atoms with Crippen molar-refractivity contribution in [3.8, 4) is 5.88 Å². The summed E-state index contributed by atoms with van der Waals surface area (Å²) < 4.78 is 5.32. The van der Waals surface area contributed by atoms with Gasteiger partial charge in [-0.2, -0.15) is 0 Å². The van der Waals surface area contributed by atoms with Crippen molar-refractivity contribution in [3.05, 3.63) is 53.3 Å². The molecule has 2 N–H and O–H groups in total. The first-order valence-corrected chi connectivity index (χ1v) is 7.22. The van der Waals surface area contributed by atoms with Crippen molar-refractivity contribution in [1.29, 1.82) is 0 Å². The lowest BCUT2D eigenvalue weighted by atomic mass is 10.2. The molecule has 4 nitrogen and oxygen atoms in total. The fourth-order valence-corrected chi connectivity index (χ4v) is 2.39. The highest BCUT2D eigenvalue weighted by molar-refractivity contribution is 6.31.